The lowest BCUT2D eigenvalue weighted by Gasteiger charge is -2.25. The largest absolute Gasteiger partial charge is 0.455 e. The molecular formula is C48H31N3O3. The van der Waals surface area contributed by atoms with E-state index < -0.39 is 0 Å². The van der Waals surface area contributed by atoms with Crippen LogP contribution >= 0.6 is 0 Å². The van der Waals surface area contributed by atoms with Crippen molar-refractivity contribution in [2.75, 3.05) is 0 Å². The molecule has 0 spiro atoms. The standard InChI is InChI=1S/C48H31N3O3/c1-48(2)36-17-8-6-14-35(36)42-37(48)24-26-40-44(42)54-41-27-31(23-25-39(41)52-40)47-50-45(29-11-4-3-5-12-29)49-46(51-47)30-21-19-28(20-22-30)32-15-10-16-34-33-13-7-9-18-38(33)53-43(32)34/h3-27H,1-2H3. The normalized spacial score (nSPS) is 13.4. The molecule has 6 nitrogen and oxygen atoms in total. The Balaban J connectivity index is 0.993. The van der Waals surface area contributed by atoms with E-state index >= 15 is 0 Å². The Morgan fingerprint density at radius 2 is 1.07 bits per heavy atom. The first kappa shape index (κ1) is 30.6. The molecule has 1 aliphatic carbocycles. The van der Waals surface area contributed by atoms with Crippen LogP contribution in [0, 0.1) is 0 Å². The van der Waals surface area contributed by atoms with Gasteiger partial charge in [-0.05, 0) is 52.6 Å². The number of hydrogen-bond acceptors (Lipinski definition) is 6. The van der Waals surface area contributed by atoms with Gasteiger partial charge in [0.05, 0.1) is 0 Å². The van der Waals surface area contributed by atoms with Crippen molar-refractivity contribution in [3.05, 3.63) is 163 Å². The number of ether oxygens (including phenoxy) is 2. The lowest BCUT2D eigenvalue weighted by atomic mass is 9.82. The second-order valence-electron chi connectivity index (χ2n) is 14.4. The molecule has 256 valence electrons. The summed E-state index contributed by atoms with van der Waals surface area (Å²) in [4.78, 5) is 15.0. The molecule has 54 heavy (non-hydrogen) atoms. The number of furan rings is 1. The van der Waals surface area contributed by atoms with Gasteiger partial charge in [0.25, 0.3) is 0 Å². The summed E-state index contributed by atoms with van der Waals surface area (Å²) in [6.45, 7) is 4.52. The van der Waals surface area contributed by atoms with Gasteiger partial charge < -0.3 is 13.9 Å². The SMILES string of the molecule is CC1(C)c2ccccc2-c2c1ccc1c2Oc2cc(-c3nc(-c4ccccc4)nc(-c4ccc(-c5cccc6c5oc5ccccc56)cc4)n3)ccc2O1. The molecule has 7 aromatic carbocycles. The maximum atomic E-state index is 6.76. The summed E-state index contributed by atoms with van der Waals surface area (Å²) >= 11 is 0. The summed E-state index contributed by atoms with van der Waals surface area (Å²) < 4.78 is 19.6. The minimum atomic E-state index is -0.152. The van der Waals surface area contributed by atoms with E-state index in [1.807, 2.05) is 72.8 Å². The van der Waals surface area contributed by atoms with Gasteiger partial charge in [-0.1, -0.05) is 135 Å². The molecule has 0 unspecified atom stereocenters. The van der Waals surface area contributed by atoms with E-state index in [4.69, 9.17) is 28.8 Å². The van der Waals surface area contributed by atoms with Gasteiger partial charge in [-0.25, -0.2) is 15.0 Å². The Hall–Kier alpha value is -7.05. The molecular weight excluding hydrogens is 667 g/mol. The lowest BCUT2D eigenvalue weighted by Crippen LogP contribution is -2.15. The monoisotopic (exact) mass is 697 g/mol. The second-order valence-corrected chi connectivity index (χ2v) is 14.4. The molecule has 11 rings (SSSR count). The quantitative estimate of drug-likeness (QED) is 0.182. The third-order valence-corrected chi connectivity index (χ3v) is 10.8. The van der Waals surface area contributed by atoms with Crippen molar-refractivity contribution in [2.45, 2.75) is 19.3 Å². The molecule has 3 heterocycles. The highest BCUT2D eigenvalue weighted by atomic mass is 16.6. The van der Waals surface area contributed by atoms with Crippen LogP contribution in [0.2, 0.25) is 0 Å². The zero-order chi connectivity index (χ0) is 36.0. The number of fused-ring (bicyclic) bond motifs is 9. The molecule has 6 heteroatoms. The van der Waals surface area contributed by atoms with Crippen LogP contribution in [0.3, 0.4) is 0 Å². The smallest absolute Gasteiger partial charge is 0.178 e. The number of benzene rings is 7. The Morgan fingerprint density at radius 1 is 0.444 bits per heavy atom. The molecule has 0 bridgehead atoms. The first-order valence-electron chi connectivity index (χ1n) is 18.1. The van der Waals surface area contributed by atoms with E-state index in [-0.39, 0.29) is 5.41 Å². The minimum Gasteiger partial charge on any atom is -0.455 e. The lowest BCUT2D eigenvalue weighted by molar-refractivity contribution is 0.360. The number of para-hydroxylation sites is 2. The number of aromatic nitrogens is 3. The Morgan fingerprint density at radius 3 is 1.91 bits per heavy atom. The van der Waals surface area contributed by atoms with Crippen molar-refractivity contribution >= 4 is 21.9 Å². The van der Waals surface area contributed by atoms with Crippen LogP contribution in [0.15, 0.2) is 156 Å². The fraction of sp³-hybridized carbons (Fsp3) is 0.0625. The van der Waals surface area contributed by atoms with Gasteiger partial charge in [-0.2, -0.15) is 0 Å². The van der Waals surface area contributed by atoms with Crippen molar-refractivity contribution < 1.29 is 13.9 Å². The zero-order valence-corrected chi connectivity index (χ0v) is 29.5. The van der Waals surface area contributed by atoms with E-state index in [2.05, 4.69) is 92.7 Å². The summed E-state index contributed by atoms with van der Waals surface area (Å²) in [7, 11) is 0. The van der Waals surface area contributed by atoms with E-state index in [9.17, 15) is 0 Å². The molecule has 2 aromatic heterocycles. The van der Waals surface area contributed by atoms with Gasteiger partial charge in [0.2, 0.25) is 0 Å². The van der Waals surface area contributed by atoms with Crippen LogP contribution in [-0.2, 0) is 5.41 Å². The maximum absolute atomic E-state index is 6.76. The average Bonchev–Trinajstić information content (AvgIpc) is 3.72. The average molecular weight is 698 g/mol. The van der Waals surface area contributed by atoms with E-state index in [1.54, 1.807) is 0 Å². The first-order valence-corrected chi connectivity index (χ1v) is 18.1. The maximum Gasteiger partial charge on any atom is 0.178 e. The highest BCUT2D eigenvalue weighted by molar-refractivity contribution is 6.09. The van der Waals surface area contributed by atoms with Crippen LogP contribution in [0.4, 0.5) is 0 Å². The minimum absolute atomic E-state index is 0.152. The molecule has 2 aliphatic rings. The van der Waals surface area contributed by atoms with Crippen LogP contribution in [-0.4, -0.2) is 15.0 Å². The molecule has 9 aromatic rings. The highest BCUT2D eigenvalue weighted by Crippen LogP contribution is 2.58. The predicted molar refractivity (Wildman–Crippen MR) is 213 cm³/mol. The van der Waals surface area contributed by atoms with Crippen molar-refractivity contribution in [2.24, 2.45) is 0 Å². The van der Waals surface area contributed by atoms with Crippen molar-refractivity contribution in [3.63, 3.8) is 0 Å². The summed E-state index contributed by atoms with van der Waals surface area (Å²) in [5, 5.41) is 2.21. The van der Waals surface area contributed by atoms with Gasteiger partial charge in [0.1, 0.15) is 11.2 Å². The van der Waals surface area contributed by atoms with E-state index in [0.29, 0.717) is 34.7 Å². The van der Waals surface area contributed by atoms with Gasteiger partial charge in [0, 0.05) is 44.0 Å². The van der Waals surface area contributed by atoms with Crippen LogP contribution < -0.4 is 9.47 Å². The third kappa shape index (κ3) is 4.63. The molecule has 0 amide bonds. The molecule has 0 radical (unpaired) electrons. The predicted octanol–water partition coefficient (Wildman–Crippen LogP) is 12.6. The first-order chi connectivity index (χ1) is 26.5. The van der Waals surface area contributed by atoms with Gasteiger partial charge in [0.15, 0.2) is 40.5 Å². The summed E-state index contributed by atoms with van der Waals surface area (Å²) in [6.07, 6.45) is 0. The second kappa shape index (κ2) is 11.5. The van der Waals surface area contributed by atoms with Crippen LogP contribution in [0.5, 0.6) is 23.0 Å². The van der Waals surface area contributed by atoms with E-state index in [1.165, 1.54) is 16.7 Å². The highest BCUT2D eigenvalue weighted by Gasteiger charge is 2.39. The molecule has 0 saturated heterocycles. The summed E-state index contributed by atoms with van der Waals surface area (Å²) in [5.41, 5.74) is 11.0. The molecule has 0 saturated carbocycles. The van der Waals surface area contributed by atoms with Crippen molar-refractivity contribution in [1.82, 2.24) is 15.0 Å². The fourth-order valence-corrected chi connectivity index (χ4v) is 8.09. The molecule has 0 fully saturated rings. The number of hydrogen-bond donors (Lipinski definition) is 0. The number of nitrogens with zero attached hydrogens (tertiary/aromatic N) is 3. The zero-order valence-electron chi connectivity index (χ0n) is 29.5. The van der Waals surface area contributed by atoms with E-state index in [0.717, 1.165) is 61.1 Å². The van der Waals surface area contributed by atoms with Gasteiger partial charge in [-0.3, -0.25) is 0 Å². The number of rotatable bonds is 4. The molecule has 0 atom stereocenters. The fourth-order valence-electron chi connectivity index (χ4n) is 8.09. The molecule has 0 N–H and O–H groups in total. The molecule has 1 aliphatic heterocycles. The Labute approximate surface area is 311 Å². The van der Waals surface area contributed by atoms with Crippen LogP contribution in [0.1, 0.15) is 25.0 Å². The van der Waals surface area contributed by atoms with Gasteiger partial charge >= 0.3 is 0 Å². The van der Waals surface area contributed by atoms with Crippen molar-refractivity contribution in [3.8, 4) is 79.4 Å². The topological polar surface area (TPSA) is 70.3 Å². The van der Waals surface area contributed by atoms with Gasteiger partial charge in [-0.15, -0.1) is 0 Å². The van der Waals surface area contributed by atoms with Crippen molar-refractivity contribution in [1.29, 1.82) is 0 Å². The summed E-state index contributed by atoms with van der Waals surface area (Å²) in [6, 6.07) is 51.4. The van der Waals surface area contributed by atoms with Crippen LogP contribution in [0.25, 0.3) is 78.4 Å². The Bertz CT molecular complexity index is 2970. The Kier molecular flexibility index (Phi) is 6.49. The summed E-state index contributed by atoms with van der Waals surface area (Å²) in [5.74, 6) is 4.39. The third-order valence-electron chi connectivity index (χ3n) is 10.8.